The number of amides is 1. The van der Waals surface area contributed by atoms with Crippen LogP contribution in [0.4, 0.5) is 11.4 Å². The van der Waals surface area contributed by atoms with Gasteiger partial charge in [0.05, 0.1) is 16.5 Å². The minimum Gasteiger partial charge on any atom is -0.481 e. The number of hydrogen-bond donors (Lipinski definition) is 1. The Balaban J connectivity index is 2.22. The molecule has 8 nitrogen and oxygen atoms in total. The number of nitro benzene ring substituents is 1. The van der Waals surface area contributed by atoms with Gasteiger partial charge in [-0.2, -0.15) is 10.1 Å². The summed E-state index contributed by atoms with van der Waals surface area (Å²) in [4.78, 5) is 33.1. The maximum Gasteiger partial charge on any atom is 0.303 e. The van der Waals surface area contributed by atoms with Crippen LogP contribution in [0, 0.1) is 16.0 Å². The molecular weight excluding hydrogens is 278 g/mol. The lowest BCUT2D eigenvalue weighted by Gasteiger charge is -2.13. The van der Waals surface area contributed by atoms with E-state index in [1.807, 2.05) is 0 Å². The first-order valence-electron chi connectivity index (χ1n) is 6.25. The normalized spacial score (nSPS) is 17.8. The van der Waals surface area contributed by atoms with Crippen LogP contribution in [0.25, 0.3) is 0 Å². The SMILES string of the molecule is CC1=NN(c2cccc([N+](=O)[O-])c2)C(=O)C1CCC(=O)O. The van der Waals surface area contributed by atoms with Crippen LogP contribution in [0.1, 0.15) is 19.8 Å². The fourth-order valence-corrected chi connectivity index (χ4v) is 2.13. The molecule has 1 aromatic carbocycles. The van der Waals surface area contributed by atoms with E-state index in [1.165, 1.54) is 18.2 Å². The van der Waals surface area contributed by atoms with Crippen LogP contribution in [0.3, 0.4) is 0 Å². The second kappa shape index (κ2) is 5.70. The van der Waals surface area contributed by atoms with Gasteiger partial charge >= 0.3 is 5.97 Å². The van der Waals surface area contributed by atoms with Crippen molar-refractivity contribution in [2.75, 3.05) is 5.01 Å². The number of anilines is 1. The number of carbonyl (C=O) groups excluding carboxylic acids is 1. The summed E-state index contributed by atoms with van der Waals surface area (Å²) in [6, 6.07) is 5.59. The minimum absolute atomic E-state index is 0.133. The summed E-state index contributed by atoms with van der Waals surface area (Å²) >= 11 is 0. The Hall–Kier alpha value is -2.77. The molecule has 1 heterocycles. The van der Waals surface area contributed by atoms with E-state index in [1.54, 1.807) is 13.0 Å². The third-order valence-electron chi connectivity index (χ3n) is 3.20. The first kappa shape index (κ1) is 14.6. The maximum absolute atomic E-state index is 12.3. The zero-order chi connectivity index (χ0) is 15.6. The first-order valence-corrected chi connectivity index (χ1v) is 6.25. The highest BCUT2D eigenvalue weighted by Gasteiger charge is 2.34. The monoisotopic (exact) mass is 291 g/mol. The Morgan fingerprint density at radius 1 is 1.52 bits per heavy atom. The Bertz CT molecular complexity index is 640. The standard InChI is InChI=1S/C13H13N3O5/c1-8-11(5-6-12(17)18)13(19)15(14-8)9-3-2-4-10(7-9)16(20)21/h2-4,7,11H,5-6H2,1H3,(H,17,18). The fourth-order valence-electron chi connectivity index (χ4n) is 2.13. The largest absolute Gasteiger partial charge is 0.481 e. The van der Waals surface area contributed by atoms with Gasteiger partial charge in [0.1, 0.15) is 0 Å². The molecule has 0 bridgehead atoms. The molecule has 1 amide bonds. The molecule has 1 aromatic rings. The average Bonchev–Trinajstić information content (AvgIpc) is 2.72. The van der Waals surface area contributed by atoms with Crippen LogP contribution in [-0.2, 0) is 9.59 Å². The number of nitro groups is 1. The smallest absolute Gasteiger partial charge is 0.303 e. The minimum atomic E-state index is -0.982. The first-order chi connectivity index (χ1) is 9.90. The van der Waals surface area contributed by atoms with Crippen molar-refractivity contribution in [2.24, 2.45) is 11.0 Å². The number of benzene rings is 1. The van der Waals surface area contributed by atoms with E-state index in [0.29, 0.717) is 11.4 Å². The predicted molar refractivity (Wildman–Crippen MR) is 74.1 cm³/mol. The summed E-state index contributed by atoms with van der Waals surface area (Å²) < 4.78 is 0. The molecule has 2 rings (SSSR count). The van der Waals surface area contributed by atoms with Crippen molar-refractivity contribution < 1.29 is 19.6 Å². The van der Waals surface area contributed by atoms with E-state index in [-0.39, 0.29) is 24.4 Å². The molecule has 0 radical (unpaired) electrons. The van der Waals surface area contributed by atoms with Crippen molar-refractivity contribution in [3.05, 3.63) is 34.4 Å². The van der Waals surface area contributed by atoms with E-state index in [4.69, 9.17) is 5.11 Å². The number of aliphatic carboxylic acids is 1. The van der Waals surface area contributed by atoms with Gasteiger partial charge in [0, 0.05) is 24.3 Å². The Morgan fingerprint density at radius 2 is 2.24 bits per heavy atom. The molecule has 21 heavy (non-hydrogen) atoms. The van der Waals surface area contributed by atoms with Gasteiger partial charge in [0.2, 0.25) is 0 Å². The number of carbonyl (C=O) groups is 2. The van der Waals surface area contributed by atoms with Crippen molar-refractivity contribution >= 4 is 29.0 Å². The highest BCUT2D eigenvalue weighted by Crippen LogP contribution is 2.28. The molecule has 1 atom stereocenters. The second-order valence-corrected chi connectivity index (χ2v) is 4.65. The van der Waals surface area contributed by atoms with Gasteiger partial charge in [-0.25, -0.2) is 0 Å². The van der Waals surface area contributed by atoms with Gasteiger partial charge in [-0.1, -0.05) is 6.07 Å². The Morgan fingerprint density at radius 3 is 2.86 bits per heavy atom. The van der Waals surface area contributed by atoms with Crippen LogP contribution in [0.15, 0.2) is 29.4 Å². The van der Waals surface area contributed by atoms with E-state index >= 15 is 0 Å². The number of non-ortho nitro benzene ring substituents is 1. The van der Waals surface area contributed by atoms with E-state index < -0.39 is 16.8 Å². The fraction of sp³-hybridized carbons (Fsp3) is 0.308. The molecule has 0 saturated heterocycles. The molecule has 1 aliphatic rings. The van der Waals surface area contributed by atoms with E-state index in [2.05, 4.69) is 5.10 Å². The number of hydrogen-bond acceptors (Lipinski definition) is 5. The zero-order valence-electron chi connectivity index (χ0n) is 11.2. The predicted octanol–water partition coefficient (Wildman–Crippen LogP) is 1.80. The number of hydrazone groups is 1. The molecule has 0 saturated carbocycles. The van der Waals surface area contributed by atoms with Crippen molar-refractivity contribution in [1.82, 2.24) is 0 Å². The maximum atomic E-state index is 12.3. The quantitative estimate of drug-likeness (QED) is 0.656. The van der Waals surface area contributed by atoms with Crippen LogP contribution < -0.4 is 5.01 Å². The molecule has 8 heteroatoms. The Kier molecular flexibility index (Phi) is 3.97. The lowest BCUT2D eigenvalue weighted by atomic mass is 9.98. The lowest BCUT2D eigenvalue weighted by molar-refractivity contribution is -0.384. The van der Waals surface area contributed by atoms with Gasteiger partial charge < -0.3 is 5.11 Å². The van der Waals surface area contributed by atoms with Crippen LogP contribution in [-0.4, -0.2) is 27.6 Å². The topological polar surface area (TPSA) is 113 Å². The highest BCUT2D eigenvalue weighted by molar-refractivity contribution is 6.14. The third kappa shape index (κ3) is 3.04. The van der Waals surface area contributed by atoms with E-state index in [9.17, 15) is 19.7 Å². The molecule has 110 valence electrons. The van der Waals surface area contributed by atoms with Gasteiger partial charge in [-0.3, -0.25) is 19.7 Å². The lowest BCUT2D eigenvalue weighted by Crippen LogP contribution is -2.27. The van der Waals surface area contributed by atoms with Gasteiger partial charge in [0.25, 0.3) is 11.6 Å². The van der Waals surface area contributed by atoms with Crippen LogP contribution in [0.2, 0.25) is 0 Å². The Labute approximate surface area is 119 Å². The highest BCUT2D eigenvalue weighted by atomic mass is 16.6. The number of carboxylic acids is 1. The number of carboxylic acid groups (broad SMARTS) is 1. The van der Waals surface area contributed by atoms with Crippen LogP contribution in [0.5, 0.6) is 0 Å². The summed E-state index contributed by atoms with van der Waals surface area (Å²) in [5, 5.41) is 24.6. The molecular formula is C13H13N3O5. The van der Waals surface area contributed by atoms with Crippen molar-refractivity contribution in [3.8, 4) is 0 Å². The van der Waals surface area contributed by atoms with Gasteiger partial charge in [-0.15, -0.1) is 0 Å². The summed E-state index contributed by atoms with van der Waals surface area (Å²) in [6.07, 6.45) is 0.0287. The van der Waals surface area contributed by atoms with E-state index in [0.717, 1.165) is 5.01 Å². The molecule has 1 N–H and O–H groups in total. The zero-order valence-corrected chi connectivity index (χ0v) is 11.2. The third-order valence-corrected chi connectivity index (χ3v) is 3.20. The molecule has 0 fully saturated rings. The van der Waals surface area contributed by atoms with Gasteiger partial charge in [-0.05, 0) is 19.4 Å². The summed E-state index contributed by atoms with van der Waals surface area (Å²) in [5.41, 5.74) is 0.668. The molecule has 0 aromatic heterocycles. The van der Waals surface area contributed by atoms with Gasteiger partial charge in [0.15, 0.2) is 0 Å². The number of rotatable bonds is 5. The molecule has 1 aliphatic heterocycles. The van der Waals surface area contributed by atoms with Crippen molar-refractivity contribution in [3.63, 3.8) is 0 Å². The molecule has 0 aliphatic carbocycles. The second-order valence-electron chi connectivity index (χ2n) is 4.65. The molecule has 1 unspecified atom stereocenters. The van der Waals surface area contributed by atoms with Crippen molar-refractivity contribution in [2.45, 2.75) is 19.8 Å². The van der Waals surface area contributed by atoms with Crippen molar-refractivity contribution in [1.29, 1.82) is 0 Å². The average molecular weight is 291 g/mol. The number of nitrogens with zero attached hydrogens (tertiary/aromatic N) is 3. The van der Waals surface area contributed by atoms with Crippen LogP contribution >= 0.6 is 0 Å². The summed E-state index contributed by atoms with van der Waals surface area (Å²) in [7, 11) is 0. The summed E-state index contributed by atoms with van der Waals surface area (Å²) in [5.74, 6) is -1.95. The summed E-state index contributed by atoms with van der Waals surface area (Å²) in [6.45, 7) is 1.64. The molecule has 0 spiro atoms.